The van der Waals surface area contributed by atoms with Gasteiger partial charge in [0.1, 0.15) is 4.83 Å². The fourth-order valence-electron chi connectivity index (χ4n) is 2.05. The molecule has 1 aromatic carbocycles. The number of fused-ring (bicyclic) bond motifs is 1. The maximum Gasteiger partial charge on any atom is 0.260 e. The summed E-state index contributed by atoms with van der Waals surface area (Å²) in [5.74, 6) is 3.02. The molecule has 0 aliphatic heterocycles. The molecule has 0 aliphatic rings. The van der Waals surface area contributed by atoms with Gasteiger partial charge in [0.25, 0.3) is 5.56 Å². The zero-order chi connectivity index (χ0) is 14.8. The second-order valence-electron chi connectivity index (χ2n) is 4.56. The minimum atomic E-state index is -0.114. The van der Waals surface area contributed by atoms with Crippen LogP contribution in [-0.4, -0.2) is 15.7 Å². The van der Waals surface area contributed by atoms with Gasteiger partial charge in [0, 0.05) is 10.9 Å². The third-order valence-electron chi connectivity index (χ3n) is 3.08. The Balaban J connectivity index is 2.12. The molecular formula is C16H12N2OS2. The van der Waals surface area contributed by atoms with Gasteiger partial charge in [0.2, 0.25) is 0 Å². The van der Waals surface area contributed by atoms with Crippen LogP contribution in [0.5, 0.6) is 0 Å². The topological polar surface area (TPSA) is 45.8 Å². The Bertz CT molecular complexity index is 885. The third-order valence-corrected chi connectivity index (χ3v) is 4.73. The summed E-state index contributed by atoms with van der Waals surface area (Å²) in [5.41, 5.74) is 3.04. The van der Waals surface area contributed by atoms with Crippen molar-refractivity contribution in [1.82, 2.24) is 9.97 Å². The van der Waals surface area contributed by atoms with Crippen LogP contribution in [0.4, 0.5) is 0 Å². The van der Waals surface area contributed by atoms with Crippen LogP contribution in [0.1, 0.15) is 5.56 Å². The molecule has 0 saturated heterocycles. The summed E-state index contributed by atoms with van der Waals surface area (Å²) in [6, 6.07) is 8.13. The predicted octanol–water partition coefficient (Wildman–Crippen LogP) is 3.69. The predicted molar refractivity (Wildman–Crippen MR) is 90.0 cm³/mol. The first-order valence-corrected chi connectivity index (χ1v) is 8.20. The van der Waals surface area contributed by atoms with Crippen LogP contribution < -0.4 is 5.56 Å². The standard InChI is InChI=1S/C16H12N2OS2/c1-3-8-20-16-17-14(19)13-12(9-21-15(13)18-16)11-6-4-10(2)5-7-11/h1,4-7,9H,8H2,2H3,(H,17,18,19). The molecule has 0 fully saturated rings. The highest BCUT2D eigenvalue weighted by Crippen LogP contribution is 2.31. The Labute approximate surface area is 130 Å². The molecule has 3 rings (SSSR count). The van der Waals surface area contributed by atoms with E-state index in [1.165, 1.54) is 28.7 Å². The van der Waals surface area contributed by atoms with Gasteiger partial charge in [0.05, 0.1) is 11.1 Å². The lowest BCUT2D eigenvalue weighted by atomic mass is 10.1. The third kappa shape index (κ3) is 2.73. The van der Waals surface area contributed by atoms with Crippen molar-refractivity contribution < 1.29 is 0 Å². The van der Waals surface area contributed by atoms with Crippen molar-refractivity contribution in [1.29, 1.82) is 0 Å². The average molecular weight is 312 g/mol. The van der Waals surface area contributed by atoms with Crippen LogP contribution in [0.15, 0.2) is 39.6 Å². The zero-order valence-corrected chi connectivity index (χ0v) is 13.0. The Morgan fingerprint density at radius 1 is 1.38 bits per heavy atom. The Morgan fingerprint density at radius 3 is 2.86 bits per heavy atom. The Hall–Kier alpha value is -2.03. The molecule has 0 unspecified atom stereocenters. The number of aryl methyl sites for hydroxylation is 1. The minimum absolute atomic E-state index is 0.114. The summed E-state index contributed by atoms with van der Waals surface area (Å²) in [4.78, 5) is 20.3. The summed E-state index contributed by atoms with van der Waals surface area (Å²) in [6.45, 7) is 2.04. The number of hydrogen-bond donors (Lipinski definition) is 1. The number of aromatic nitrogens is 2. The van der Waals surface area contributed by atoms with E-state index in [0.29, 0.717) is 16.3 Å². The van der Waals surface area contributed by atoms with E-state index in [2.05, 4.69) is 15.9 Å². The van der Waals surface area contributed by atoms with Gasteiger partial charge in [-0.3, -0.25) is 4.79 Å². The number of rotatable bonds is 3. The number of H-pyrrole nitrogens is 1. The molecule has 0 saturated carbocycles. The number of thioether (sulfide) groups is 1. The smallest absolute Gasteiger partial charge is 0.260 e. The number of aromatic amines is 1. The van der Waals surface area contributed by atoms with Crippen LogP contribution in [0, 0.1) is 19.3 Å². The average Bonchev–Trinajstić information content (AvgIpc) is 2.90. The molecule has 3 aromatic rings. The molecule has 2 aromatic heterocycles. The van der Waals surface area contributed by atoms with Crippen molar-refractivity contribution in [3.8, 4) is 23.5 Å². The van der Waals surface area contributed by atoms with Gasteiger partial charge >= 0.3 is 0 Å². The number of terminal acetylenes is 1. The summed E-state index contributed by atoms with van der Waals surface area (Å²) < 4.78 is 0. The SMILES string of the molecule is C#CCSc1nc2scc(-c3ccc(C)cc3)c2c(=O)[nH]1. The van der Waals surface area contributed by atoms with E-state index in [1.807, 2.05) is 36.6 Å². The van der Waals surface area contributed by atoms with E-state index >= 15 is 0 Å². The molecule has 0 amide bonds. The van der Waals surface area contributed by atoms with Crippen LogP contribution in [0.25, 0.3) is 21.3 Å². The molecule has 21 heavy (non-hydrogen) atoms. The highest BCUT2D eigenvalue weighted by Gasteiger charge is 2.12. The summed E-state index contributed by atoms with van der Waals surface area (Å²) in [7, 11) is 0. The van der Waals surface area contributed by atoms with E-state index in [1.54, 1.807) is 0 Å². The zero-order valence-electron chi connectivity index (χ0n) is 11.3. The summed E-state index contributed by atoms with van der Waals surface area (Å²) >= 11 is 2.84. The molecule has 0 atom stereocenters. The van der Waals surface area contributed by atoms with Crippen LogP contribution >= 0.6 is 23.1 Å². The lowest BCUT2D eigenvalue weighted by molar-refractivity contribution is 0.983. The first-order valence-electron chi connectivity index (χ1n) is 6.34. The van der Waals surface area contributed by atoms with Gasteiger partial charge in [-0.05, 0) is 12.5 Å². The highest BCUT2D eigenvalue weighted by atomic mass is 32.2. The maximum atomic E-state index is 12.3. The second-order valence-corrected chi connectivity index (χ2v) is 6.38. The molecule has 1 N–H and O–H groups in total. The maximum absolute atomic E-state index is 12.3. The van der Waals surface area contributed by atoms with Gasteiger partial charge in [0.15, 0.2) is 5.16 Å². The molecule has 104 valence electrons. The first-order chi connectivity index (χ1) is 10.2. The van der Waals surface area contributed by atoms with Gasteiger partial charge in [-0.2, -0.15) is 0 Å². The molecule has 0 aliphatic carbocycles. The van der Waals surface area contributed by atoms with Crippen LogP contribution in [-0.2, 0) is 0 Å². The van der Waals surface area contributed by atoms with E-state index < -0.39 is 0 Å². The fourth-order valence-corrected chi connectivity index (χ4v) is 3.60. The van der Waals surface area contributed by atoms with Crippen molar-refractivity contribution in [3.63, 3.8) is 0 Å². The molecule has 0 spiro atoms. The molecule has 3 nitrogen and oxygen atoms in total. The number of hydrogen-bond acceptors (Lipinski definition) is 4. The van der Waals surface area contributed by atoms with Gasteiger partial charge in [-0.25, -0.2) is 4.98 Å². The van der Waals surface area contributed by atoms with E-state index in [-0.39, 0.29) is 5.56 Å². The number of thiophene rings is 1. The number of nitrogens with zero attached hydrogens (tertiary/aromatic N) is 1. The van der Waals surface area contributed by atoms with E-state index in [0.717, 1.165) is 16.0 Å². The second kappa shape index (κ2) is 5.76. The van der Waals surface area contributed by atoms with Gasteiger partial charge in [-0.15, -0.1) is 17.8 Å². The van der Waals surface area contributed by atoms with Gasteiger partial charge < -0.3 is 4.98 Å². The molecule has 5 heteroatoms. The molecule has 2 heterocycles. The van der Waals surface area contributed by atoms with Crippen LogP contribution in [0.2, 0.25) is 0 Å². The monoisotopic (exact) mass is 312 g/mol. The van der Waals surface area contributed by atoms with Crippen molar-refractivity contribution in [2.24, 2.45) is 0 Å². The molecule has 0 bridgehead atoms. The van der Waals surface area contributed by atoms with Crippen molar-refractivity contribution in [2.75, 3.05) is 5.75 Å². The Kier molecular flexibility index (Phi) is 3.82. The molecule has 0 radical (unpaired) electrons. The fraction of sp³-hybridized carbons (Fsp3) is 0.125. The summed E-state index contributed by atoms with van der Waals surface area (Å²) in [6.07, 6.45) is 5.23. The van der Waals surface area contributed by atoms with E-state index in [4.69, 9.17) is 6.42 Å². The van der Waals surface area contributed by atoms with Crippen molar-refractivity contribution in [2.45, 2.75) is 12.1 Å². The largest absolute Gasteiger partial charge is 0.301 e. The van der Waals surface area contributed by atoms with E-state index in [9.17, 15) is 4.79 Å². The highest BCUT2D eigenvalue weighted by molar-refractivity contribution is 7.99. The number of benzene rings is 1. The normalized spacial score (nSPS) is 10.7. The minimum Gasteiger partial charge on any atom is -0.301 e. The number of nitrogens with one attached hydrogen (secondary N) is 1. The lowest BCUT2D eigenvalue weighted by Crippen LogP contribution is -2.08. The first kappa shape index (κ1) is 13.9. The lowest BCUT2D eigenvalue weighted by Gasteiger charge is -2.01. The van der Waals surface area contributed by atoms with Crippen molar-refractivity contribution in [3.05, 3.63) is 45.6 Å². The van der Waals surface area contributed by atoms with Gasteiger partial charge in [-0.1, -0.05) is 47.5 Å². The molecular weight excluding hydrogens is 300 g/mol. The Morgan fingerprint density at radius 2 is 2.14 bits per heavy atom. The quantitative estimate of drug-likeness (QED) is 0.456. The van der Waals surface area contributed by atoms with Crippen LogP contribution in [0.3, 0.4) is 0 Å². The summed E-state index contributed by atoms with van der Waals surface area (Å²) in [5, 5.41) is 3.20. The van der Waals surface area contributed by atoms with Crippen molar-refractivity contribution >= 4 is 33.3 Å².